The Balaban J connectivity index is 0. The maximum absolute atomic E-state index is 11.9. The first-order valence-electron chi connectivity index (χ1n) is 4.28. The van der Waals surface area contributed by atoms with E-state index >= 15 is 0 Å². The van der Waals surface area contributed by atoms with Crippen molar-refractivity contribution >= 4 is 16.1 Å². The largest absolute Gasteiger partial charge is 0.508 e. The van der Waals surface area contributed by atoms with Gasteiger partial charge in [-0.15, -0.1) is 0 Å². The minimum atomic E-state index is -2.35. The van der Waals surface area contributed by atoms with E-state index in [0.29, 0.717) is 0 Å². The molecule has 0 saturated carbocycles. The highest BCUT2D eigenvalue weighted by atomic mass is 31.1. The van der Waals surface area contributed by atoms with Crippen molar-refractivity contribution in [3.63, 3.8) is 0 Å². The van der Waals surface area contributed by atoms with E-state index in [0.717, 1.165) is 0 Å². The van der Waals surface area contributed by atoms with Crippen molar-refractivity contribution in [1.29, 1.82) is 0 Å². The molecule has 6 N–H and O–H groups in total. The molecular formula is C6H16F2N2O4P2+2. The molecule has 0 aromatic rings. The number of hydrogen-bond acceptors (Lipinski definition) is 4. The van der Waals surface area contributed by atoms with E-state index in [1.54, 1.807) is 0 Å². The van der Waals surface area contributed by atoms with Crippen LogP contribution in [-0.4, -0.2) is 47.5 Å². The second kappa shape index (κ2) is 11.4. The van der Waals surface area contributed by atoms with Crippen molar-refractivity contribution in [2.45, 2.75) is 12.3 Å². The van der Waals surface area contributed by atoms with Crippen LogP contribution in [0, 0.1) is 0 Å². The monoisotopic (exact) mass is 280 g/mol. The Bertz CT molecular complexity index is 201. The van der Waals surface area contributed by atoms with Gasteiger partial charge in [-0.05, 0) is 9.13 Å². The molecule has 0 radical (unpaired) electrons. The highest BCUT2D eigenvalue weighted by Crippen LogP contribution is 2.15. The summed E-state index contributed by atoms with van der Waals surface area (Å²) in [7, 11) is -4.70. The summed E-state index contributed by atoms with van der Waals surface area (Å²) in [5.41, 5.74) is 9.61. The lowest BCUT2D eigenvalue weighted by Gasteiger charge is -1.90. The first-order chi connectivity index (χ1) is 7.33. The predicted octanol–water partition coefficient (Wildman–Crippen LogP) is 0.0358. The number of rotatable bonds is 6. The molecule has 6 nitrogen and oxygen atoms in total. The number of alkyl halides is 2. The highest BCUT2D eigenvalue weighted by Gasteiger charge is 2.18. The maximum Gasteiger partial charge on any atom is 0.508 e. The quantitative estimate of drug-likeness (QED) is 0.509. The van der Waals surface area contributed by atoms with Crippen LogP contribution in [0.2, 0.25) is 0 Å². The second-order valence-electron chi connectivity index (χ2n) is 2.74. The van der Waals surface area contributed by atoms with Gasteiger partial charge >= 0.3 is 16.1 Å². The molecule has 10 heteroatoms. The Labute approximate surface area is 93.8 Å². The van der Waals surface area contributed by atoms with Crippen LogP contribution in [-0.2, 0) is 9.13 Å². The Hall–Kier alpha value is -0.100. The molecule has 0 spiro atoms. The maximum atomic E-state index is 11.9. The van der Waals surface area contributed by atoms with Gasteiger partial charge in [-0.25, -0.2) is 8.78 Å². The fourth-order valence-electron chi connectivity index (χ4n) is 0.488. The molecule has 0 aliphatic carbocycles. The summed E-state index contributed by atoms with van der Waals surface area (Å²) in [6.45, 7) is -0.358. The first-order valence-corrected chi connectivity index (χ1v) is 7.08. The van der Waals surface area contributed by atoms with Gasteiger partial charge in [-0.3, -0.25) is 0 Å². The SMILES string of the molecule is NC[C@@H](F)C[P+](=O)O.NC[C@H](F)C[P+](=O)O. The van der Waals surface area contributed by atoms with Crippen molar-refractivity contribution in [3.05, 3.63) is 0 Å². The minimum Gasteiger partial charge on any atom is -0.328 e. The second-order valence-corrected chi connectivity index (χ2v) is 4.87. The van der Waals surface area contributed by atoms with Gasteiger partial charge in [0.25, 0.3) is 0 Å². The van der Waals surface area contributed by atoms with E-state index in [2.05, 4.69) is 0 Å². The zero-order valence-electron chi connectivity index (χ0n) is 8.50. The fraction of sp³-hybridized carbons (Fsp3) is 1.00. The van der Waals surface area contributed by atoms with Crippen LogP contribution in [0.25, 0.3) is 0 Å². The molecule has 0 aliphatic heterocycles. The van der Waals surface area contributed by atoms with Crippen molar-refractivity contribution in [2.24, 2.45) is 11.5 Å². The molecule has 0 fully saturated rings. The summed E-state index contributed by atoms with van der Waals surface area (Å²) in [4.78, 5) is 16.1. The van der Waals surface area contributed by atoms with Gasteiger partial charge in [0.2, 0.25) is 12.3 Å². The van der Waals surface area contributed by atoms with Gasteiger partial charge < -0.3 is 11.5 Å². The molecule has 0 amide bonds. The van der Waals surface area contributed by atoms with Crippen LogP contribution in [0.15, 0.2) is 0 Å². The molecule has 0 saturated heterocycles. The molecule has 4 atom stereocenters. The van der Waals surface area contributed by atoms with Crippen LogP contribution in [0.4, 0.5) is 8.78 Å². The average molecular weight is 280 g/mol. The number of nitrogens with two attached hydrogens (primary N) is 2. The third-order valence-corrected chi connectivity index (χ3v) is 2.64. The molecule has 0 aromatic carbocycles. The molecule has 2 unspecified atom stereocenters. The van der Waals surface area contributed by atoms with Gasteiger partial charge in [0.1, 0.15) is 0 Å². The van der Waals surface area contributed by atoms with Gasteiger partial charge in [0.05, 0.1) is 0 Å². The summed E-state index contributed by atoms with van der Waals surface area (Å²) in [5, 5.41) is 0. The van der Waals surface area contributed by atoms with Gasteiger partial charge in [-0.1, -0.05) is 0 Å². The lowest BCUT2D eigenvalue weighted by Crippen LogP contribution is -2.17. The van der Waals surface area contributed by atoms with Gasteiger partial charge in [0, 0.05) is 13.1 Å². The molecule has 0 rings (SSSR count). The summed E-state index contributed by atoms with van der Waals surface area (Å²) in [6.07, 6.45) is -3.34. The lowest BCUT2D eigenvalue weighted by molar-refractivity contribution is 0.363. The topological polar surface area (TPSA) is 127 Å². The van der Waals surface area contributed by atoms with E-state index in [9.17, 15) is 17.9 Å². The van der Waals surface area contributed by atoms with E-state index in [-0.39, 0.29) is 25.4 Å². The Kier molecular flexibility index (Phi) is 13.0. The van der Waals surface area contributed by atoms with Crippen LogP contribution in [0.1, 0.15) is 0 Å². The van der Waals surface area contributed by atoms with E-state index < -0.39 is 28.4 Å². The lowest BCUT2D eigenvalue weighted by atomic mass is 10.5. The van der Waals surface area contributed by atoms with Crippen molar-refractivity contribution in [1.82, 2.24) is 0 Å². The summed E-state index contributed by atoms with van der Waals surface area (Å²) < 4.78 is 43.5. The molecule has 96 valence electrons. The molecule has 16 heavy (non-hydrogen) atoms. The standard InChI is InChI=1S/2C3H7FNO2P/c2*4-3(1-5)2-8(6)7/h2*3H,1-2,5H2/p+2/t2*3-/m10/s1. The Morgan fingerprint density at radius 2 is 1.19 bits per heavy atom. The normalized spacial score (nSPS) is 15.6. The third-order valence-electron chi connectivity index (χ3n) is 1.22. The first kappa shape index (κ1) is 18.3. The van der Waals surface area contributed by atoms with Crippen LogP contribution in [0.5, 0.6) is 0 Å². The van der Waals surface area contributed by atoms with Gasteiger partial charge in [-0.2, -0.15) is 9.79 Å². The summed E-state index contributed by atoms with van der Waals surface area (Å²) in [6, 6.07) is 0. The fourth-order valence-corrected chi connectivity index (χ4v) is 1.46. The highest BCUT2D eigenvalue weighted by molar-refractivity contribution is 7.38. The molecule has 0 heterocycles. The van der Waals surface area contributed by atoms with E-state index in [1.165, 1.54) is 0 Å². The van der Waals surface area contributed by atoms with E-state index in [4.69, 9.17) is 21.3 Å². The minimum absolute atomic E-state index is 0.179. The Morgan fingerprint density at radius 1 is 0.938 bits per heavy atom. The molecule has 0 aromatic heterocycles. The Morgan fingerprint density at radius 3 is 1.25 bits per heavy atom. The zero-order chi connectivity index (χ0) is 13.1. The third kappa shape index (κ3) is 16.3. The average Bonchev–Trinajstić information content (AvgIpc) is 2.16. The van der Waals surface area contributed by atoms with Crippen molar-refractivity contribution in [2.75, 3.05) is 25.4 Å². The smallest absolute Gasteiger partial charge is 0.328 e. The van der Waals surface area contributed by atoms with Crippen molar-refractivity contribution < 1.29 is 27.7 Å². The zero-order valence-corrected chi connectivity index (χ0v) is 10.3. The van der Waals surface area contributed by atoms with Crippen LogP contribution < -0.4 is 11.5 Å². The molecular weight excluding hydrogens is 264 g/mol. The van der Waals surface area contributed by atoms with Crippen LogP contribution in [0.3, 0.4) is 0 Å². The summed E-state index contributed by atoms with van der Waals surface area (Å²) in [5.74, 6) is 0. The van der Waals surface area contributed by atoms with Crippen molar-refractivity contribution in [3.8, 4) is 0 Å². The van der Waals surface area contributed by atoms with Gasteiger partial charge in [0.15, 0.2) is 12.3 Å². The number of hydrogen-bond donors (Lipinski definition) is 4. The summed E-state index contributed by atoms with van der Waals surface area (Å²) >= 11 is 0. The van der Waals surface area contributed by atoms with Crippen LogP contribution >= 0.6 is 16.1 Å². The number of halogens is 2. The van der Waals surface area contributed by atoms with E-state index in [1.807, 2.05) is 0 Å². The predicted molar refractivity (Wildman–Crippen MR) is 57.3 cm³/mol. The molecule has 0 aliphatic rings. The molecule has 0 bridgehead atoms.